The summed E-state index contributed by atoms with van der Waals surface area (Å²) in [6, 6.07) is 24.8. The third kappa shape index (κ3) is 7.19. The molecule has 0 aliphatic carbocycles. The maximum atomic E-state index is 12.2. The van der Waals surface area contributed by atoms with E-state index in [0.717, 1.165) is 16.7 Å². The molecule has 7 nitrogen and oxygen atoms in total. The lowest BCUT2D eigenvalue weighted by Crippen LogP contribution is -2.43. The molecule has 2 amide bonds. The molecule has 0 spiro atoms. The topological polar surface area (TPSA) is 93.5 Å². The number of aromatic nitrogens is 1. The average molecular weight is 490 g/mol. The Bertz CT molecular complexity index is 1270. The number of aryl methyl sites for hydroxylation is 1. The van der Waals surface area contributed by atoms with Crippen LogP contribution < -0.4 is 15.6 Å². The van der Waals surface area contributed by atoms with Crippen LogP contribution in [0.2, 0.25) is 5.02 Å². The Labute approximate surface area is 208 Å². The second-order valence-corrected chi connectivity index (χ2v) is 8.22. The molecule has 35 heavy (non-hydrogen) atoms. The van der Waals surface area contributed by atoms with Crippen LogP contribution in [0, 0.1) is 0 Å². The fourth-order valence-corrected chi connectivity index (χ4v) is 3.51. The number of halogens is 1. The third-order valence-electron chi connectivity index (χ3n) is 5.16. The van der Waals surface area contributed by atoms with Gasteiger partial charge in [0.2, 0.25) is 5.91 Å². The summed E-state index contributed by atoms with van der Waals surface area (Å²) >= 11 is 5.90. The quantitative estimate of drug-likeness (QED) is 0.331. The molecule has 0 saturated carbocycles. The van der Waals surface area contributed by atoms with Crippen molar-refractivity contribution in [3.8, 4) is 17.1 Å². The Morgan fingerprint density at radius 3 is 2.40 bits per heavy atom. The lowest BCUT2D eigenvalue weighted by molar-refractivity contribution is -0.130. The Morgan fingerprint density at radius 2 is 1.60 bits per heavy atom. The van der Waals surface area contributed by atoms with Gasteiger partial charge in [0.15, 0.2) is 18.3 Å². The number of ether oxygens (including phenoxy) is 1. The minimum Gasteiger partial charge on any atom is -0.483 e. The molecule has 0 aliphatic rings. The number of hydrogen-bond acceptors (Lipinski definition) is 5. The molecular formula is C27H24ClN3O4. The molecule has 8 heteroatoms. The second-order valence-electron chi connectivity index (χ2n) is 7.78. The van der Waals surface area contributed by atoms with E-state index < -0.39 is 5.91 Å². The minimum absolute atomic E-state index is 0.0988. The molecule has 1 heterocycles. The van der Waals surface area contributed by atoms with Crippen molar-refractivity contribution in [2.45, 2.75) is 19.3 Å². The zero-order valence-corrected chi connectivity index (χ0v) is 19.6. The van der Waals surface area contributed by atoms with Gasteiger partial charge >= 0.3 is 0 Å². The molecule has 0 saturated heterocycles. The largest absolute Gasteiger partial charge is 0.483 e. The Balaban J connectivity index is 1.20. The predicted molar refractivity (Wildman–Crippen MR) is 133 cm³/mol. The lowest BCUT2D eigenvalue weighted by atomic mass is 10.0. The van der Waals surface area contributed by atoms with E-state index in [1.54, 1.807) is 18.3 Å². The number of oxazole rings is 1. The molecule has 0 bridgehead atoms. The van der Waals surface area contributed by atoms with Gasteiger partial charge in [-0.2, -0.15) is 0 Å². The smallest absolute Gasteiger partial charge is 0.276 e. The maximum absolute atomic E-state index is 12.2. The molecule has 0 radical (unpaired) electrons. The van der Waals surface area contributed by atoms with Gasteiger partial charge in [-0.15, -0.1) is 0 Å². The van der Waals surface area contributed by atoms with E-state index >= 15 is 0 Å². The molecule has 4 rings (SSSR count). The lowest BCUT2D eigenvalue weighted by Gasteiger charge is -2.12. The number of para-hydroxylation sites is 1. The highest BCUT2D eigenvalue weighted by Crippen LogP contribution is 2.23. The van der Waals surface area contributed by atoms with Crippen LogP contribution in [0.15, 0.2) is 89.5 Å². The first-order valence-corrected chi connectivity index (χ1v) is 11.5. The molecule has 2 N–H and O–H groups in total. The van der Waals surface area contributed by atoms with Crippen LogP contribution >= 0.6 is 11.6 Å². The van der Waals surface area contributed by atoms with E-state index in [9.17, 15) is 9.59 Å². The van der Waals surface area contributed by atoms with Crippen molar-refractivity contribution in [1.82, 2.24) is 15.8 Å². The standard InChI is InChI=1S/C27H24ClN3O4/c28-22-12-10-20(11-13-22)24-17-29-27(35-24)15-14-25(32)30-31-26(33)18-34-23-9-5-4-8-21(23)16-19-6-2-1-3-7-19/h1-13,17H,14-16,18H2,(H,30,32)(H,31,33). The molecule has 0 atom stereocenters. The SMILES string of the molecule is O=C(CCc1ncc(-c2ccc(Cl)cc2)o1)NNC(=O)COc1ccccc1Cc1ccccc1. The van der Waals surface area contributed by atoms with Crippen molar-refractivity contribution in [3.63, 3.8) is 0 Å². The summed E-state index contributed by atoms with van der Waals surface area (Å²) in [6.07, 6.45) is 2.68. The van der Waals surface area contributed by atoms with Crippen LogP contribution in [0.1, 0.15) is 23.4 Å². The van der Waals surface area contributed by atoms with Crippen molar-refractivity contribution in [3.05, 3.63) is 107 Å². The summed E-state index contributed by atoms with van der Waals surface area (Å²) in [5.74, 6) is 0.811. The van der Waals surface area contributed by atoms with Gasteiger partial charge in [0.25, 0.3) is 5.91 Å². The van der Waals surface area contributed by atoms with Crippen LogP contribution in [-0.4, -0.2) is 23.4 Å². The Hall–Kier alpha value is -4.10. The second kappa shape index (κ2) is 11.9. The van der Waals surface area contributed by atoms with Crippen LogP contribution in [0.25, 0.3) is 11.3 Å². The molecule has 3 aromatic carbocycles. The number of carbonyl (C=O) groups is 2. The minimum atomic E-state index is -0.464. The molecule has 1 aromatic heterocycles. The van der Waals surface area contributed by atoms with Crippen molar-refractivity contribution in [2.24, 2.45) is 0 Å². The first-order chi connectivity index (χ1) is 17.1. The van der Waals surface area contributed by atoms with Gasteiger partial charge in [-0.05, 0) is 41.5 Å². The third-order valence-corrected chi connectivity index (χ3v) is 5.41. The highest BCUT2D eigenvalue weighted by molar-refractivity contribution is 6.30. The van der Waals surface area contributed by atoms with E-state index in [-0.39, 0.29) is 18.9 Å². The van der Waals surface area contributed by atoms with Gasteiger partial charge in [-0.3, -0.25) is 20.4 Å². The summed E-state index contributed by atoms with van der Waals surface area (Å²) in [7, 11) is 0. The van der Waals surface area contributed by atoms with Crippen LogP contribution in [-0.2, 0) is 22.4 Å². The predicted octanol–water partition coefficient (Wildman–Crippen LogP) is 4.74. The molecule has 0 fully saturated rings. The summed E-state index contributed by atoms with van der Waals surface area (Å²) in [5, 5.41) is 0.633. The highest BCUT2D eigenvalue weighted by Gasteiger charge is 2.11. The van der Waals surface area contributed by atoms with Gasteiger partial charge in [0.05, 0.1) is 6.20 Å². The first kappa shape index (κ1) is 24.0. The number of amides is 2. The van der Waals surface area contributed by atoms with Crippen LogP contribution in [0.4, 0.5) is 0 Å². The first-order valence-electron chi connectivity index (χ1n) is 11.1. The number of hydrogen-bond donors (Lipinski definition) is 2. The zero-order valence-electron chi connectivity index (χ0n) is 18.9. The molecular weight excluding hydrogens is 466 g/mol. The van der Waals surface area contributed by atoms with Crippen molar-refractivity contribution in [2.75, 3.05) is 6.61 Å². The molecule has 0 unspecified atom stereocenters. The Morgan fingerprint density at radius 1 is 0.886 bits per heavy atom. The fourth-order valence-electron chi connectivity index (χ4n) is 3.38. The van der Waals surface area contributed by atoms with Crippen molar-refractivity contribution < 1.29 is 18.7 Å². The number of nitrogens with zero attached hydrogens (tertiary/aromatic N) is 1. The summed E-state index contributed by atoms with van der Waals surface area (Å²) in [6.45, 7) is -0.226. The number of carbonyl (C=O) groups excluding carboxylic acids is 2. The van der Waals surface area contributed by atoms with E-state index in [4.69, 9.17) is 20.8 Å². The summed E-state index contributed by atoms with van der Waals surface area (Å²) in [5.41, 5.74) is 7.71. The average Bonchev–Trinajstić information content (AvgIpc) is 3.36. The number of rotatable bonds is 9. The highest BCUT2D eigenvalue weighted by atomic mass is 35.5. The summed E-state index contributed by atoms with van der Waals surface area (Å²) < 4.78 is 11.4. The zero-order chi connectivity index (χ0) is 24.5. The number of benzene rings is 3. The van der Waals surface area contributed by atoms with Gasteiger partial charge in [0.1, 0.15) is 5.75 Å². The molecule has 4 aromatic rings. The van der Waals surface area contributed by atoms with E-state index in [0.29, 0.717) is 35.3 Å². The van der Waals surface area contributed by atoms with Gasteiger partial charge < -0.3 is 9.15 Å². The number of hydrazine groups is 1. The fraction of sp³-hybridized carbons (Fsp3) is 0.148. The van der Waals surface area contributed by atoms with E-state index in [1.807, 2.05) is 66.7 Å². The summed E-state index contributed by atoms with van der Waals surface area (Å²) in [4.78, 5) is 28.5. The van der Waals surface area contributed by atoms with Gasteiger partial charge in [-0.25, -0.2) is 4.98 Å². The van der Waals surface area contributed by atoms with Crippen LogP contribution in [0.5, 0.6) is 5.75 Å². The van der Waals surface area contributed by atoms with Crippen molar-refractivity contribution in [1.29, 1.82) is 0 Å². The monoisotopic (exact) mass is 489 g/mol. The van der Waals surface area contributed by atoms with Gasteiger partial charge in [-0.1, -0.05) is 60.1 Å². The van der Waals surface area contributed by atoms with E-state index in [1.165, 1.54) is 0 Å². The normalized spacial score (nSPS) is 10.5. The molecule has 178 valence electrons. The van der Waals surface area contributed by atoms with Crippen LogP contribution in [0.3, 0.4) is 0 Å². The van der Waals surface area contributed by atoms with E-state index in [2.05, 4.69) is 15.8 Å². The molecule has 0 aliphatic heterocycles. The maximum Gasteiger partial charge on any atom is 0.276 e. The number of nitrogens with one attached hydrogen (secondary N) is 2. The van der Waals surface area contributed by atoms with Gasteiger partial charge in [0, 0.05) is 29.8 Å². The van der Waals surface area contributed by atoms with Crippen molar-refractivity contribution >= 4 is 23.4 Å². The Kier molecular flexibility index (Phi) is 8.14.